The molecule has 0 heterocycles. The third kappa shape index (κ3) is 3.56. The minimum absolute atomic E-state index is 0.115. The second-order valence-electron chi connectivity index (χ2n) is 4.50. The Morgan fingerprint density at radius 3 is 2.29 bits per heavy atom. The number of halogens is 3. The van der Waals surface area contributed by atoms with Gasteiger partial charge >= 0.3 is 6.18 Å². The molecule has 0 saturated heterocycles. The van der Waals surface area contributed by atoms with Gasteiger partial charge in [0.2, 0.25) is 0 Å². The number of Topliss-reactive ketones (excluding diaryl/α,β-unsaturated/α-hetero) is 1. The summed E-state index contributed by atoms with van der Waals surface area (Å²) in [7, 11) is 0. The highest BCUT2D eigenvalue weighted by Crippen LogP contribution is 2.30. The number of benzene rings is 2. The zero-order valence-corrected chi connectivity index (χ0v) is 10.9. The number of alkyl halides is 3. The normalized spacial score (nSPS) is 11.2. The number of hydrogen-bond acceptors (Lipinski definition) is 2. The molecule has 0 radical (unpaired) electrons. The van der Waals surface area contributed by atoms with E-state index < -0.39 is 11.7 Å². The van der Waals surface area contributed by atoms with Crippen LogP contribution in [0.1, 0.15) is 31.8 Å². The van der Waals surface area contributed by atoms with Gasteiger partial charge in [-0.2, -0.15) is 13.2 Å². The third-order valence-electron chi connectivity index (χ3n) is 3.05. The Morgan fingerprint density at radius 1 is 1.05 bits per heavy atom. The first-order chi connectivity index (χ1) is 9.91. The molecule has 2 rings (SSSR count). The van der Waals surface area contributed by atoms with E-state index in [2.05, 4.69) is 0 Å². The van der Waals surface area contributed by atoms with Gasteiger partial charge in [0.05, 0.1) is 5.56 Å². The fourth-order valence-electron chi connectivity index (χ4n) is 1.94. The van der Waals surface area contributed by atoms with Crippen molar-refractivity contribution in [3.05, 3.63) is 70.8 Å². The van der Waals surface area contributed by atoms with Crippen LogP contribution >= 0.6 is 0 Å². The summed E-state index contributed by atoms with van der Waals surface area (Å²) in [5.41, 5.74) is -0.282. The molecule has 0 aliphatic carbocycles. The maximum atomic E-state index is 12.6. The van der Waals surface area contributed by atoms with Crippen molar-refractivity contribution in [2.75, 3.05) is 0 Å². The Kier molecular flexibility index (Phi) is 4.21. The molecule has 2 nitrogen and oxygen atoms in total. The van der Waals surface area contributed by atoms with Crippen molar-refractivity contribution in [3.8, 4) is 0 Å². The molecule has 21 heavy (non-hydrogen) atoms. The van der Waals surface area contributed by atoms with Crippen LogP contribution < -0.4 is 0 Å². The molecule has 0 bridgehead atoms. The maximum Gasteiger partial charge on any atom is 0.416 e. The smallest absolute Gasteiger partial charge is 0.298 e. The molecule has 0 aliphatic rings. The van der Waals surface area contributed by atoms with Gasteiger partial charge in [-0.15, -0.1) is 0 Å². The van der Waals surface area contributed by atoms with Gasteiger partial charge < -0.3 is 0 Å². The van der Waals surface area contributed by atoms with Crippen LogP contribution in [0, 0.1) is 0 Å². The van der Waals surface area contributed by atoms with Crippen molar-refractivity contribution in [1.29, 1.82) is 0 Å². The topological polar surface area (TPSA) is 34.1 Å². The Balaban J connectivity index is 2.29. The molecule has 0 unspecified atom stereocenters. The summed E-state index contributed by atoms with van der Waals surface area (Å²) in [5.74, 6) is -0.251. The number of carbonyl (C=O) groups excluding carboxylic acids is 2. The molecule has 0 aromatic heterocycles. The van der Waals surface area contributed by atoms with E-state index >= 15 is 0 Å². The van der Waals surface area contributed by atoms with Crippen molar-refractivity contribution in [1.82, 2.24) is 0 Å². The highest BCUT2D eigenvalue weighted by Gasteiger charge is 2.31. The number of aldehydes is 1. The molecule has 0 fully saturated rings. The second-order valence-corrected chi connectivity index (χ2v) is 4.50. The van der Waals surface area contributed by atoms with Crippen molar-refractivity contribution in [3.63, 3.8) is 0 Å². The number of rotatable bonds is 4. The molecule has 2 aromatic rings. The fraction of sp³-hybridized carbons (Fsp3) is 0.125. The lowest BCUT2D eigenvalue weighted by atomic mass is 9.97. The maximum absolute atomic E-state index is 12.6. The van der Waals surface area contributed by atoms with Gasteiger partial charge in [-0.3, -0.25) is 9.59 Å². The number of hydrogen-bond donors (Lipinski definition) is 0. The van der Waals surface area contributed by atoms with Crippen LogP contribution in [0.3, 0.4) is 0 Å². The van der Waals surface area contributed by atoms with Crippen LogP contribution in [-0.2, 0) is 12.6 Å². The van der Waals surface area contributed by atoms with Gasteiger partial charge in [0.1, 0.15) is 6.29 Å². The Labute approximate surface area is 119 Å². The lowest BCUT2D eigenvalue weighted by molar-refractivity contribution is -0.137. The zero-order valence-electron chi connectivity index (χ0n) is 10.9. The molecule has 108 valence electrons. The summed E-state index contributed by atoms with van der Waals surface area (Å²) < 4.78 is 37.7. The molecular formula is C16H11F3O2. The van der Waals surface area contributed by atoms with E-state index in [0.717, 1.165) is 12.1 Å². The molecule has 2 aromatic carbocycles. The van der Waals surface area contributed by atoms with Gasteiger partial charge in [-0.25, -0.2) is 0 Å². The first-order valence-electron chi connectivity index (χ1n) is 6.15. The lowest BCUT2D eigenvalue weighted by Crippen LogP contribution is -2.09. The fourth-order valence-corrected chi connectivity index (χ4v) is 1.94. The van der Waals surface area contributed by atoms with E-state index in [0.29, 0.717) is 11.8 Å². The molecule has 0 aliphatic heterocycles. The summed E-state index contributed by atoms with van der Waals surface area (Å²) in [5, 5.41) is 0. The second kappa shape index (κ2) is 5.91. The van der Waals surface area contributed by atoms with Crippen LogP contribution in [0.25, 0.3) is 0 Å². The van der Waals surface area contributed by atoms with E-state index in [9.17, 15) is 22.8 Å². The molecule has 0 spiro atoms. The predicted molar refractivity (Wildman–Crippen MR) is 71.3 cm³/mol. The summed E-state index contributed by atoms with van der Waals surface area (Å²) in [4.78, 5) is 23.0. The first kappa shape index (κ1) is 15.0. The van der Waals surface area contributed by atoms with E-state index in [-0.39, 0.29) is 23.3 Å². The van der Waals surface area contributed by atoms with E-state index in [4.69, 9.17) is 0 Å². The van der Waals surface area contributed by atoms with Crippen LogP contribution in [0.5, 0.6) is 0 Å². The Morgan fingerprint density at radius 2 is 1.71 bits per heavy atom. The number of carbonyl (C=O) groups is 2. The Hall–Kier alpha value is -2.43. The molecule has 0 N–H and O–H groups in total. The standard InChI is InChI=1S/C16H11F3O2/c17-16(18,19)14-7-6-12(13(8-14)10-20)9-15(21)11-4-2-1-3-5-11/h1-8,10H,9H2. The van der Waals surface area contributed by atoms with Crippen LogP contribution in [0.4, 0.5) is 13.2 Å². The van der Waals surface area contributed by atoms with Gasteiger partial charge in [0, 0.05) is 17.5 Å². The molecule has 0 amide bonds. The number of ketones is 1. The molecule has 0 atom stereocenters. The van der Waals surface area contributed by atoms with Gasteiger partial charge in [-0.05, 0) is 17.7 Å². The highest BCUT2D eigenvalue weighted by atomic mass is 19.4. The van der Waals surface area contributed by atoms with Crippen LogP contribution in [0.15, 0.2) is 48.5 Å². The predicted octanol–water partition coefficient (Wildman–Crippen LogP) is 3.94. The van der Waals surface area contributed by atoms with E-state index in [1.54, 1.807) is 30.3 Å². The minimum Gasteiger partial charge on any atom is -0.298 e. The largest absolute Gasteiger partial charge is 0.416 e. The summed E-state index contributed by atoms with van der Waals surface area (Å²) in [6.07, 6.45) is -4.29. The van der Waals surface area contributed by atoms with E-state index in [1.807, 2.05) is 0 Å². The lowest BCUT2D eigenvalue weighted by Gasteiger charge is -2.10. The monoisotopic (exact) mass is 292 g/mol. The average Bonchev–Trinajstić information content (AvgIpc) is 2.47. The van der Waals surface area contributed by atoms with E-state index in [1.165, 1.54) is 6.07 Å². The van der Waals surface area contributed by atoms with Crippen molar-refractivity contribution < 1.29 is 22.8 Å². The molecule has 5 heteroatoms. The SMILES string of the molecule is O=Cc1cc(C(F)(F)F)ccc1CC(=O)c1ccccc1. The van der Waals surface area contributed by atoms with Crippen molar-refractivity contribution in [2.45, 2.75) is 12.6 Å². The quantitative estimate of drug-likeness (QED) is 0.631. The first-order valence-corrected chi connectivity index (χ1v) is 6.15. The van der Waals surface area contributed by atoms with Crippen molar-refractivity contribution in [2.24, 2.45) is 0 Å². The summed E-state index contributed by atoms with van der Waals surface area (Å²) in [6.45, 7) is 0. The van der Waals surface area contributed by atoms with Gasteiger partial charge in [0.15, 0.2) is 5.78 Å². The van der Waals surface area contributed by atoms with Gasteiger partial charge in [0.25, 0.3) is 0 Å². The Bertz CT molecular complexity index is 661. The third-order valence-corrected chi connectivity index (χ3v) is 3.05. The average molecular weight is 292 g/mol. The zero-order chi connectivity index (χ0) is 15.5. The minimum atomic E-state index is -4.51. The van der Waals surface area contributed by atoms with Crippen molar-refractivity contribution >= 4 is 12.1 Å². The molecule has 0 saturated carbocycles. The van der Waals surface area contributed by atoms with Crippen LogP contribution in [-0.4, -0.2) is 12.1 Å². The summed E-state index contributed by atoms with van der Waals surface area (Å²) in [6, 6.07) is 11.2. The highest BCUT2D eigenvalue weighted by molar-refractivity contribution is 5.98. The molecular weight excluding hydrogens is 281 g/mol. The van der Waals surface area contributed by atoms with Gasteiger partial charge in [-0.1, -0.05) is 36.4 Å². The van der Waals surface area contributed by atoms with Crippen LogP contribution in [0.2, 0.25) is 0 Å². The summed E-state index contributed by atoms with van der Waals surface area (Å²) >= 11 is 0.